The van der Waals surface area contributed by atoms with Gasteiger partial charge < -0.3 is 40.4 Å². The Morgan fingerprint density at radius 2 is 1.94 bits per heavy atom. The van der Waals surface area contributed by atoms with E-state index in [9.17, 15) is 25.2 Å². The van der Waals surface area contributed by atoms with Gasteiger partial charge in [0.2, 0.25) is 0 Å². The number of carbonyl (C=O) groups is 1. The average molecular weight is 464 g/mol. The molecule has 1 heterocycles. The van der Waals surface area contributed by atoms with Gasteiger partial charge in [-0.25, -0.2) is 0 Å². The van der Waals surface area contributed by atoms with Crippen molar-refractivity contribution in [3.8, 4) is 0 Å². The van der Waals surface area contributed by atoms with Crippen LogP contribution in [0, 0.1) is 0 Å². The van der Waals surface area contributed by atoms with Gasteiger partial charge in [-0.1, -0.05) is 43.7 Å². The number of carbonyl (C=O) groups excluding carboxylic acids is 1. The van der Waals surface area contributed by atoms with Crippen molar-refractivity contribution in [2.75, 3.05) is 13.2 Å². The van der Waals surface area contributed by atoms with Crippen molar-refractivity contribution in [2.45, 2.75) is 75.0 Å². The maximum atomic E-state index is 12.1. The van der Waals surface area contributed by atoms with Crippen molar-refractivity contribution in [1.29, 1.82) is 0 Å². The van der Waals surface area contributed by atoms with E-state index in [1.54, 1.807) is 6.08 Å². The van der Waals surface area contributed by atoms with Crippen LogP contribution in [0.1, 0.15) is 31.7 Å². The lowest BCUT2D eigenvalue weighted by Crippen LogP contribution is -2.60. The average Bonchev–Trinajstić information content (AvgIpc) is 2.80. The Labute approximate surface area is 193 Å². The number of aliphatic hydroxyl groups is 4. The van der Waals surface area contributed by atoms with E-state index < -0.39 is 48.3 Å². The molecule has 0 aromatic heterocycles. The van der Waals surface area contributed by atoms with E-state index in [2.05, 4.69) is 5.73 Å². The van der Waals surface area contributed by atoms with Crippen LogP contribution >= 0.6 is 0 Å². The van der Waals surface area contributed by atoms with Crippen LogP contribution in [0.3, 0.4) is 0 Å². The van der Waals surface area contributed by atoms with E-state index in [0.717, 1.165) is 12.0 Å². The summed E-state index contributed by atoms with van der Waals surface area (Å²) in [6, 6.07) is 8.77. The minimum absolute atomic E-state index is 0.115. The molecule has 1 aliphatic carbocycles. The fraction of sp³-hybridized carbons (Fsp3) is 0.583. The molecule has 0 bridgehead atoms. The van der Waals surface area contributed by atoms with Crippen molar-refractivity contribution in [2.24, 2.45) is 5.73 Å². The summed E-state index contributed by atoms with van der Waals surface area (Å²) in [5.41, 5.74) is 9.37. The number of aliphatic hydroxyl groups excluding tert-OH is 3. The lowest BCUT2D eigenvalue weighted by atomic mass is 9.79. The van der Waals surface area contributed by atoms with Crippen molar-refractivity contribution in [1.82, 2.24) is 0 Å². The lowest BCUT2D eigenvalue weighted by molar-refractivity contribution is -0.302. The first-order valence-electron chi connectivity index (χ1n) is 11.2. The van der Waals surface area contributed by atoms with Crippen LogP contribution in [-0.2, 0) is 25.4 Å². The summed E-state index contributed by atoms with van der Waals surface area (Å²) < 4.78 is 16.3. The third kappa shape index (κ3) is 6.29. The number of hydrogen-bond donors (Lipinski definition) is 5. The molecule has 6 N–H and O–H groups in total. The molecule has 0 saturated carbocycles. The first-order chi connectivity index (χ1) is 15.7. The molecule has 0 unspecified atom stereocenters. The van der Waals surface area contributed by atoms with Gasteiger partial charge in [0.25, 0.3) is 0 Å². The maximum Gasteiger partial charge on any atom is 0.306 e. The molecule has 182 valence electrons. The first-order valence-corrected chi connectivity index (χ1v) is 11.2. The molecule has 1 aromatic carbocycles. The van der Waals surface area contributed by atoms with Crippen LogP contribution < -0.4 is 5.73 Å². The SMILES string of the molecule is CCC[C@@]1(O)C=C=C1[C@@H](N)CO[C@H]1O[C@H](COC(=O)CCc2ccccc2)[C@H](O)[C@H](O)[C@H]1O. The summed E-state index contributed by atoms with van der Waals surface area (Å²) >= 11 is 0. The van der Waals surface area contributed by atoms with Crippen LogP contribution in [0.4, 0.5) is 0 Å². The summed E-state index contributed by atoms with van der Waals surface area (Å²) in [7, 11) is 0. The van der Waals surface area contributed by atoms with E-state index >= 15 is 0 Å². The molecule has 0 spiro atoms. The summed E-state index contributed by atoms with van der Waals surface area (Å²) in [6.45, 7) is 1.52. The van der Waals surface area contributed by atoms with E-state index in [0.29, 0.717) is 18.4 Å². The Bertz CT molecular complexity index is 855. The summed E-state index contributed by atoms with van der Waals surface area (Å²) in [5, 5.41) is 41.2. The zero-order chi connectivity index (χ0) is 24.0. The Kier molecular flexibility index (Phi) is 8.81. The Morgan fingerprint density at radius 3 is 2.58 bits per heavy atom. The van der Waals surface area contributed by atoms with Crippen molar-refractivity contribution in [3.05, 3.63) is 53.3 Å². The fourth-order valence-corrected chi connectivity index (χ4v) is 3.95. The van der Waals surface area contributed by atoms with Crippen LogP contribution in [0.15, 0.2) is 47.7 Å². The van der Waals surface area contributed by atoms with Gasteiger partial charge >= 0.3 is 5.97 Å². The van der Waals surface area contributed by atoms with Gasteiger partial charge in [0.05, 0.1) is 12.6 Å². The molecule has 1 saturated heterocycles. The number of benzene rings is 1. The summed E-state index contributed by atoms with van der Waals surface area (Å²) in [4.78, 5) is 12.1. The number of hydrogen-bond acceptors (Lipinski definition) is 9. The van der Waals surface area contributed by atoms with Gasteiger partial charge in [0.15, 0.2) is 6.29 Å². The predicted octanol–water partition coefficient (Wildman–Crippen LogP) is -0.0598. The largest absolute Gasteiger partial charge is 0.463 e. The molecule has 1 fully saturated rings. The molecule has 3 rings (SSSR count). The van der Waals surface area contributed by atoms with E-state index in [4.69, 9.17) is 19.9 Å². The monoisotopic (exact) mass is 463 g/mol. The molecule has 0 amide bonds. The summed E-state index contributed by atoms with van der Waals surface area (Å²) in [5.74, 6) is -0.478. The minimum Gasteiger partial charge on any atom is -0.463 e. The smallest absolute Gasteiger partial charge is 0.306 e. The molecule has 9 nitrogen and oxygen atoms in total. The zero-order valence-corrected chi connectivity index (χ0v) is 18.7. The second-order valence-electron chi connectivity index (χ2n) is 8.50. The molecule has 33 heavy (non-hydrogen) atoms. The standard InChI is InChI=1S/C24H33NO8/c1-2-11-24(30)12-10-16(24)17(25)13-32-23-22(29)21(28)20(27)18(33-23)14-31-19(26)9-8-15-6-4-3-5-7-15/h3-7,12,17-18,20-23,27-30H,2,8-9,11,13-14,25H2,1H3/t17-,18+,20-,21-,22+,23-,24+/m0/s1. The number of rotatable bonds is 11. The van der Waals surface area contributed by atoms with E-state index in [1.165, 1.54) is 0 Å². The maximum absolute atomic E-state index is 12.1. The molecule has 2 aliphatic rings. The minimum atomic E-state index is -1.56. The second-order valence-corrected chi connectivity index (χ2v) is 8.50. The molecule has 0 radical (unpaired) electrons. The highest BCUT2D eigenvalue weighted by atomic mass is 16.7. The molecule has 1 aromatic rings. The van der Waals surface area contributed by atoms with Crippen LogP contribution in [-0.4, -0.2) is 82.0 Å². The fourth-order valence-electron chi connectivity index (χ4n) is 3.95. The molecular weight excluding hydrogens is 430 g/mol. The van der Waals surface area contributed by atoms with E-state index in [1.807, 2.05) is 37.3 Å². The van der Waals surface area contributed by atoms with Gasteiger partial charge in [0, 0.05) is 12.0 Å². The Hall–Kier alpha value is -2.07. The van der Waals surface area contributed by atoms with Crippen molar-refractivity contribution in [3.63, 3.8) is 0 Å². The molecule has 7 atom stereocenters. The lowest BCUT2D eigenvalue weighted by Gasteiger charge is -2.40. The highest BCUT2D eigenvalue weighted by Crippen LogP contribution is 2.32. The topological polar surface area (TPSA) is 152 Å². The van der Waals surface area contributed by atoms with Gasteiger partial charge in [0.1, 0.15) is 36.6 Å². The molecule has 9 heteroatoms. The number of ether oxygens (including phenoxy) is 3. The molecular formula is C24H33NO8. The third-order valence-corrected chi connectivity index (χ3v) is 5.91. The number of aryl methyl sites for hydroxylation is 1. The van der Waals surface area contributed by atoms with Gasteiger partial charge in [-0.3, -0.25) is 4.79 Å². The number of nitrogens with two attached hydrogens (primary N) is 1. The van der Waals surface area contributed by atoms with Gasteiger partial charge in [-0.05, 0) is 24.5 Å². The molecule has 1 aliphatic heterocycles. The van der Waals surface area contributed by atoms with Gasteiger partial charge in [-0.15, -0.1) is 5.73 Å². The highest BCUT2D eigenvalue weighted by molar-refractivity contribution is 5.69. The summed E-state index contributed by atoms with van der Waals surface area (Å²) in [6.07, 6.45) is -3.48. The first kappa shape index (κ1) is 25.6. The van der Waals surface area contributed by atoms with Crippen LogP contribution in [0.25, 0.3) is 0 Å². The van der Waals surface area contributed by atoms with E-state index in [-0.39, 0.29) is 19.6 Å². The zero-order valence-electron chi connectivity index (χ0n) is 18.7. The highest BCUT2D eigenvalue weighted by Gasteiger charge is 2.45. The number of esters is 1. The quantitative estimate of drug-likeness (QED) is 0.224. The van der Waals surface area contributed by atoms with Crippen LogP contribution in [0.5, 0.6) is 0 Å². The normalized spacial score (nSPS) is 32.1. The van der Waals surface area contributed by atoms with Gasteiger partial charge in [-0.2, -0.15) is 0 Å². The Morgan fingerprint density at radius 1 is 1.21 bits per heavy atom. The van der Waals surface area contributed by atoms with Crippen LogP contribution in [0.2, 0.25) is 0 Å². The van der Waals surface area contributed by atoms with Crippen molar-refractivity contribution < 1.29 is 39.4 Å². The van der Waals surface area contributed by atoms with Crippen molar-refractivity contribution >= 4 is 5.97 Å². The Balaban J connectivity index is 1.49. The predicted molar refractivity (Wildman–Crippen MR) is 118 cm³/mol. The third-order valence-electron chi connectivity index (χ3n) is 5.91. The second kappa shape index (κ2) is 11.4.